The Morgan fingerprint density at radius 3 is 2.42 bits per heavy atom. The van der Waals surface area contributed by atoms with E-state index in [1.807, 2.05) is 0 Å². The third-order valence-electron chi connectivity index (χ3n) is 7.36. The van der Waals surface area contributed by atoms with Crippen LogP contribution in [0.1, 0.15) is 56.5 Å². The normalized spacial score (nSPS) is 18.2. The van der Waals surface area contributed by atoms with Crippen molar-refractivity contribution in [2.75, 3.05) is 31.1 Å². The molecule has 0 saturated carbocycles. The first-order valence-corrected chi connectivity index (χ1v) is 13.0. The highest BCUT2D eigenvalue weighted by atomic mass is 19.1. The van der Waals surface area contributed by atoms with E-state index in [2.05, 4.69) is 56.4 Å². The number of rotatable bonds is 7. The molecule has 1 unspecified atom stereocenters. The van der Waals surface area contributed by atoms with Gasteiger partial charge in [-0.3, -0.25) is 9.69 Å². The van der Waals surface area contributed by atoms with Crippen LogP contribution in [0.3, 0.4) is 0 Å². The third-order valence-corrected chi connectivity index (χ3v) is 7.36. The number of amides is 1. The number of halogens is 1. The lowest BCUT2D eigenvalue weighted by atomic mass is 9.95. The van der Waals surface area contributed by atoms with Gasteiger partial charge in [0.15, 0.2) is 0 Å². The second kappa shape index (κ2) is 11.2. The smallest absolute Gasteiger partial charge is 0.241 e. The first-order valence-electron chi connectivity index (χ1n) is 13.0. The number of carbonyl (C=O) groups excluding carboxylic acids is 1. The van der Waals surface area contributed by atoms with Gasteiger partial charge in [-0.25, -0.2) is 4.39 Å². The zero-order valence-corrected chi connectivity index (χ0v) is 20.8. The molecule has 2 aromatic carbocycles. The Bertz CT molecular complexity index is 1130. The largest absolute Gasteiger partial charge is 0.372 e. The molecule has 0 radical (unpaired) electrons. The van der Waals surface area contributed by atoms with Crippen LogP contribution in [0.4, 0.5) is 10.1 Å². The Hall–Kier alpha value is -3.26. The van der Waals surface area contributed by atoms with Crippen LogP contribution in [-0.2, 0) is 11.3 Å². The van der Waals surface area contributed by atoms with Crippen LogP contribution < -0.4 is 10.2 Å². The minimum atomic E-state index is -0.297. The predicted octanol–water partition coefficient (Wildman–Crippen LogP) is 4.96. The molecule has 0 bridgehead atoms. The summed E-state index contributed by atoms with van der Waals surface area (Å²) in [6.07, 6.45) is 5.45. The summed E-state index contributed by atoms with van der Waals surface area (Å²) in [5.41, 5.74) is 3.13. The minimum Gasteiger partial charge on any atom is -0.372 e. The maximum absolute atomic E-state index is 13.1. The number of benzene rings is 2. The van der Waals surface area contributed by atoms with Gasteiger partial charge in [0.05, 0.1) is 12.6 Å². The Balaban J connectivity index is 1.08. The number of nitrogens with zero attached hydrogens (tertiary/aromatic N) is 4. The SMILES string of the molecule is CC(NC(=O)C1CCN(Cc2nc(-c3ccc(F)cc3)no2)CC1)c1ccc(N2CCCCC2)cc1. The molecule has 1 atom stereocenters. The van der Waals surface area contributed by atoms with Crippen LogP contribution in [0.25, 0.3) is 11.4 Å². The first-order chi connectivity index (χ1) is 17.5. The second-order valence-electron chi connectivity index (χ2n) is 9.94. The van der Waals surface area contributed by atoms with Crippen LogP contribution in [0.5, 0.6) is 0 Å². The number of carbonyl (C=O) groups is 1. The molecule has 1 aromatic heterocycles. The number of hydrogen-bond donors (Lipinski definition) is 1. The predicted molar refractivity (Wildman–Crippen MR) is 137 cm³/mol. The molecule has 2 aliphatic heterocycles. The molecule has 2 fully saturated rings. The van der Waals surface area contributed by atoms with Gasteiger partial charge in [-0.1, -0.05) is 17.3 Å². The van der Waals surface area contributed by atoms with Crippen LogP contribution >= 0.6 is 0 Å². The molecule has 0 aliphatic carbocycles. The van der Waals surface area contributed by atoms with Gasteiger partial charge >= 0.3 is 0 Å². The molecule has 3 aromatic rings. The highest BCUT2D eigenvalue weighted by Crippen LogP contribution is 2.24. The molecule has 8 heteroatoms. The van der Waals surface area contributed by atoms with E-state index in [1.54, 1.807) is 12.1 Å². The average molecular weight is 492 g/mol. The van der Waals surface area contributed by atoms with Gasteiger partial charge in [0, 0.05) is 30.3 Å². The summed E-state index contributed by atoms with van der Waals surface area (Å²) in [7, 11) is 0. The molecular weight excluding hydrogens is 457 g/mol. The summed E-state index contributed by atoms with van der Waals surface area (Å²) in [6, 6.07) is 14.7. The Morgan fingerprint density at radius 2 is 1.72 bits per heavy atom. The fourth-order valence-corrected chi connectivity index (χ4v) is 5.12. The zero-order valence-electron chi connectivity index (χ0n) is 20.8. The number of aromatic nitrogens is 2. The van der Waals surface area contributed by atoms with Gasteiger partial charge in [0.25, 0.3) is 0 Å². The van der Waals surface area contributed by atoms with Gasteiger partial charge < -0.3 is 14.7 Å². The van der Waals surface area contributed by atoms with E-state index < -0.39 is 0 Å². The third kappa shape index (κ3) is 5.93. The lowest BCUT2D eigenvalue weighted by Crippen LogP contribution is -2.41. The topological polar surface area (TPSA) is 74.5 Å². The van der Waals surface area contributed by atoms with Gasteiger partial charge in [-0.2, -0.15) is 4.98 Å². The number of anilines is 1. The number of hydrogen-bond acceptors (Lipinski definition) is 6. The molecule has 3 heterocycles. The average Bonchev–Trinajstić information content (AvgIpc) is 3.38. The molecule has 1 amide bonds. The van der Waals surface area contributed by atoms with E-state index in [4.69, 9.17) is 4.52 Å². The van der Waals surface area contributed by atoms with Crippen LogP contribution in [0, 0.1) is 11.7 Å². The van der Waals surface area contributed by atoms with E-state index in [0.29, 0.717) is 18.3 Å². The molecule has 190 valence electrons. The van der Waals surface area contributed by atoms with Crippen molar-refractivity contribution >= 4 is 11.6 Å². The lowest BCUT2D eigenvalue weighted by molar-refractivity contribution is -0.127. The molecule has 1 N–H and O–H groups in total. The van der Waals surface area contributed by atoms with E-state index in [-0.39, 0.29) is 23.7 Å². The van der Waals surface area contributed by atoms with Crippen molar-refractivity contribution in [2.45, 2.75) is 51.6 Å². The molecule has 2 aliphatic rings. The second-order valence-corrected chi connectivity index (χ2v) is 9.94. The summed E-state index contributed by atoms with van der Waals surface area (Å²) in [5, 5.41) is 7.23. The Kier molecular flexibility index (Phi) is 7.60. The zero-order chi connectivity index (χ0) is 24.9. The molecule has 36 heavy (non-hydrogen) atoms. The van der Waals surface area contributed by atoms with Crippen molar-refractivity contribution in [3.05, 3.63) is 65.8 Å². The maximum Gasteiger partial charge on any atom is 0.241 e. The summed E-state index contributed by atoms with van der Waals surface area (Å²) >= 11 is 0. The van der Waals surface area contributed by atoms with E-state index in [1.165, 1.54) is 37.1 Å². The summed E-state index contributed by atoms with van der Waals surface area (Å²) in [5.74, 6) is 0.818. The molecule has 2 saturated heterocycles. The molecular formula is C28H34FN5O2. The highest BCUT2D eigenvalue weighted by Gasteiger charge is 2.27. The van der Waals surface area contributed by atoms with Crippen LogP contribution in [-0.4, -0.2) is 47.1 Å². The Labute approximate surface area is 211 Å². The van der Waals surface area contributed by atoms with Crippen molar-refractivity contribution in [3.63, 3.8) is 0 Å². The minimum absolute atomic E-state index is 0.00813. The van der Waals surface area contributed by atoms with Crippen molar-refractivity contribution in [2.24, 2.45) is 5.92 Å². The molecule has 5 rings (SSSR count). The summed E-state index contributed by atoms with van der Waals surface area (Å²) in [6.45, 7) is 6.45. The van der Waals surface area contributed by atoms with Gasteiger partial charge in [-0.05, 0) is 94.1 Å². The summed E-state index contributed by atoms with van der Waals surface area (Å²) in [4.78, 5) is 22.1. The van der Waals surface area contributed by atoms with Crippen molar-refractivity contribution in [1.29, 1.82) is 0 Å². The van der Waals surface area contributed by atoms with Crippen LogP contribution in [0.2, 0.25) is 0 Å². The number of nitrogens with one attached hydrogen (secondary N) is 1. The molecule has 0 spiro atoms. The quantitative estimate of drug-likeness (QED) is 0.504. The van der Waals surface area contributed by atoms with E-state index in [0.717, 1.165) is 50.1 Å². The lowest BCUT2D eigenvalue weighted by Gasteiger charge is -2.31. The van der Waals surface area contributed by atoms with Gasteiger partial charge in [0.1, 0.15) is 5.82 Å². The van der Waals surface area contributed by atoms with Gasteiger partial charge in [0.2, 0.25) is 17.6 Å². The fraction of sp³-hybridized carbons (Fsp3) is 0.464. The van der Waals surface area contributed by atoms with Crippen molar-refractivity contribution < 1.29 is 13.7 Å². The van der Waals surface area contributed by atoms with Crippen molar-refractivity contribution in [3.8, 4) is 11.4 Å². The van der Waals surface area contributed by atoms with Crippen LogP contribution in [0.15, 0.2) is 53.1 Å². The fourth-order valence-electron chi connectivity index (χ4n) is 5.12. The van der Waals surface area contributed by atoms with E-state index >= 15 is 0 Å². The Morgan fingerprint density at radius 1 is 1.03 bits per heavy atom. The maximum atomic E-state index is 13.1. The highest BCUT2D eigenvalue weighted by molar-refractivity contribution is 5.79. The molecule has 7 nitrogen and oxygen atoms in total. The standard InChI is InChI=1S/C28H34FN5O2/c1-20(21-7-11-25(12-8-21)34-15-3-2-4-16-34)30-28(35)23-13-17-33(18-14-23)19-26-31-27(32-36-26)22-5-9-24(29)10-6-22/h5-12,20,23H,2-4,13-19H2,1H3,(H,30,35). The van der Waals surface area contributed by atoms with Crippen molar-refractivity contribution in [1.82, 2.24) is 20.4 Å². The monoisotopic (exact) mass is 491 g/mol. The first kappa shape index (κ1) is 24.4. The summed E-state index contributed by atoms with van der Waals surface area (Å²) < 4.78 is 18.5. The van der Waals surface area contributed by atoms with E-state index in [9.17, 15) is 9.18 Å². The number of piperidine rings is 2. The number of likely N-dealkylation sites (tertiary alicyclic amines) is 1. The van der Waals surface area contributed by atoms with Gasteiger partial charge in [-0.15, -0.1) is 0 Å².